The van der Waals surface area contributed by atoms with E-state index in [4.69, 9.17) is 10.00 Å². The summed E-state index contributed by atoms with van der Waals surface area (Å²) in [5, 5.41) is 11.5. The van der Waals surface area contributed by atoms with Gasteiger partial charge in [0, 0.05) is 13.1 Å². The van der Waals surface area contributed by atoms with Crippen LogP contribution in [-0.2, 0) is 0 Å². The highest BCUT2D eigenvalue weighted by Gasteiger charge is 2.08. The summed E-state index contributed by atoms with van der Waals surface area (Å²) >= 11 is 0. The molecule has 1 N–H and O–H groups in total. The van der Waals surface area contributed by atoms with Crippen LogP contribution in [0.4, 0.5) is 10.2 Å². The van der Waals surface area contributed by atoms with Gasteiger partial charge in [0.1, 0.15) is 11.6 Å². The molecule has 96 valence electrons. The van der Waals surface area contributed by atoms with E-state index < -0.39 is 5.82 Å². The van der Waals surface area contributed by atoms with E-state index in [1.54, 1.807) is 20.0 Å². The molecule has 2 rings (SSSR count). The maximum absolute atomic E-state index is 13.7. The van der Waals surface area contributed by atoms with Gasteiger partial charge in [-0.3, -0.25) is 0 Å². The predicted octanol–water partition coefficient (Wildman–Crippen LogP) is 2.63. The fourth-order valence-electron chi connectivity index (χ4n) is 1.49. The fourth-order valence-corrected chi connectivity index (χ4v) is 1.49. The molecule has 0 aliphatic carbocycles. The number of hydrogen-bond acceptors (Lipinski definition) is 5. The van der Waals surface area contributed by atoms with Crippen LogP contribution < -0.4 is 10.1 Å². The van der Waals surface area contributed by atoms with E-state index in [0.29, 0.717) is 11.6 Å². The molecule has 19 heavy (non-hydrogen) atoms. The van der Waals surface area contributed by atoms with Gasteiger partial charge in [-0.05, 0) is 25.1 Å². The molecular weight excluding hydrogens is 247 g/mol. The van der Waals surface area contributed by atoms with Crippen molar-refractivity contribution in [2.75, 3.05) is 12.4 Å². The predicted molar refractivity (Wildman–Crippen MR) is 67.5 cm³/mol. The first-order valence-corrected chi connectivity index (χ1v) is 5.53. The van der Waals surface area contributed by atoms with Crippen LogP contribution in [0.1, 0.15) is 11.4 Å². The largest absolute Gasteiger partial charge is 0.436 e. The summed E-state index contributed by atoms with van der Waals surface area (Å²) < 4.78 is 19.0. The Bertz CT molecular complexity index is 652. The molecule has 0 aliphatic heterocycles. The van der Waals surface area contributed by atoms with Gasteiger partial charge in [0.05, 0.1) is 11.6 Å². The van der Waals surface area contributed by atoms with Gasteiger partial charge in [-0.25, -0.2) is 9.37 Å². The number of ether oxygens (including phenoxy) is 1. The van der Waals surface area contributed by atoms with E-state index in [0.717, 1.165) is 6.07 Å². The lowest BCUT2D eigenvalue weighted by Crippen LogP contribution is -1.99. The van der Waals surface area contributed by atoms with Crippen molar-refractivity contribution < 1.29 is 9.13 Å². The lowest BCUT2D eigenvalue weighted by atomic mass is 10.2. The van der Waals surface area contributed by atoms with Gasteiger partial charge in [-0.15, -0.1) is 0 Å². The summed E-state index contributed by atoms with van der Waals surface area (Å²) in [7, 11) is 1.72. The molecule has 0 atom stereocenters. The Balaban J connectivity index is 2.31. The van der Waals surface area contributed by atoms with Crippen molar-refractivity contribution in [2.24, 2.45) is 0 Å². The van der Waals surface area contributed by atoms with Crippen molar-refractivity contribution in [3.8, 4) is 17.7 Å². The van der Waals surface area contributed by atoms with Crippen LogP contribution in [0.5, 0.6) is 11.6 Å². The molecule has 0 bridgehead atoms. The van der Waals surface area contributed by atoms with Crippen molar-refractivity contribution in [3.05, 3.63) is 41.5 Å². The molecule has 0 saturated carbocycles. The molecule has 1 heterocycles. The molecule has 0 saturated heterocycles. The summed E-state index contributed by atoms with van der Waals surface area (Å²) in [6, 6.07) is 7.40. The van der Waals surface area contributed by atoms with Crippen LogP contribution in [0.25, 0.3) is 0 Å². The minimum atomic E-state index is -0.610. The van der Waals surface area contributed by atoms with Gasteiger partial charge in [-0.1, -0.05) is 0 Å². The maximum Gasteiger partial charge on any atom is 0.224 e. The van der Waals surface area contributed by atoms with Crippen LogP contribution in [0, 0.1) is 24.1 Å². The average molecular weight is 258 g/mol. The second-order valence-corrected chi connectivity index (χ2v) is 3.75. The zero-order valence-corrected chi connectivity index (χ0v) is 10.4. The summed E-state index contributed by atoms with van der Waals surface area (Å²) in [6.07, 6.45) is 0. The van der Waals surface area contributed by atoms with Gasteiger partial charge >= 0.3 is 0 Å². The van der Waals surface area contributed by atoms with Crippen LogP contribution in [0.2, 0.25) is 0 Å². The molecule has 0 fully saturated rings. The third-order valence-corrected chi connectivity index (χ3v) is 2.35. The van der Waals surface area contributed by atoms with Gasteiger partial charge in [0.15, 0.2) is 11.6 Å². The molecule has 1 aromatic carbocycles. The number of hydrogen-bond donors (Lipinski definition) is 1. The highest BCUT2D eigenvalue weighted by Crippen LogP contribution is 2.25. The van der Waals surface area contributed by atoms with Crippen molar-refractivity contribution in [3.63, 3.8) is 0 Å². The summed E-state index contributed by atoms with van der Waals surface area (Å²) in [5.41, 5.74) is 0.236. The van der Waals surface area contributed by atoms with Gasteiger partial charge < -0.3 is 10.1 Å². The Morgan fingerprint density at radius 1 is 1.32 bits per heavy atom. The topological polar surface area (TPSA) is 70.8 Å². The van der Waals surface area contributed by atoms with Crippen molar-refractivity contribution in [1.82, 2.24) is 9.97 Å². The number of anilines is 1. The van der Waals surface area contributed by atoms with Crippen molar-refractivity contribution in [2.45, 2.75) is 6.92 Å². The minimum Gasteiger partial charge on any atom is -0.436 e. The van der Waals surface area contributed by atoms with Crippen molar-refractivity contribution in [1.29, 1.82) is 5.26 Å². The number of benzene rings is 1. The Kier molecular flexibility index (Phi) is 3.57. The normalized spacial score (nSPS) is 9.79. The van der Waals surface area contributed by atoms with Crippen molar-refractivity contribution >= 4 is 5.82 Å². The van der Waals surface area contributed by atoms with Gasteiger partial charge in [0.2, 0.25) is 5.88 Å². The van der Waals surface area contributed by atoms with E-state index >= 15 is 0 Å². The third kappa shape index (κ3) is 2.96. The number of nitriles is 1. The molecule has 0 amide bonds. The molecule has 6 heteroatoms. The Morgan fingerprint density at radius 3 is 2.74 bits per heavy atom. The SMILES string of the molecule is CNc1cc(Oc2ccc(C#N)cc2F)nc(C)n1. The first-order chi connectivity index (χ1) is 9.12. The smallest absolute Gasteiger partial charge is 0.224 e. The second-order valence-electron chi connectivity index (χ2n) is 3.75. The van der Waals surface area contributed by atoms with E-state index in [1.165, 1.54) is 12.1 Å². The average Bonchev–Trinajstić information content (AvgIpc) is 2.40. The van der Waals surface area contributed by atoms with Gasteiger partial charge in [-0.2, -0.15) is 10.2 Å². The second kappa shape index (κ2) is 5.31. The number of aromatic nitrogens is 2. The van der Waals surface area contributed by atoms with E-state index in [-0.39, 0.29) is 17.2 Å². The Morgan fingerprint density at radius 2 is 2.11 bits per heavy atom. The highest BCUT2D eigenvalue weighted by molar-refractivity contribution is 5.41. The molecular formula is C13H11FN4O. The van der Waals surface area contributed by atoms with E-state index in [1.807, 2.05) is 6.07 Å². The number of nitrogens with one attached hydrogen (secondary N) is 1. The Labute approximate surface area is 109 Å². The monoisotopic (exact) mass is 258 g/mol. The molecule has 2 aromatic rings. The number of aryl methyl sites for hydroxylation is 1. The number of nitrogens with zero attached hydrogens (tertiary/aromatic N) is 3. The molecule has 0 unspecified atom stereocenters. The first kappa shape index (κ1) is 12.8. The van der Waals surface area contributed by atoms with Crippen LogP contribution in [0.15, 0.2) is 24.3 Å². The molecule has 0 spiro atoms. The van der Waals surface area contributed by atoms with Crippen LogP contribution in [-0.4, -0.2) is 17.0 Å². The molecule has 1 aromatic heterocycles. The summed E-state index contributed by atoms with van der Waals surface area (Å²) in [4.78, 5) is 8.16. The summed E-state index contributed by atoms with van der Waals surface area (Å²) in [5.74, 6) is 0.730. The molecule has 0 radical (unpaired) electrons. The lowest BCUT2D eigenvalue weighted by molar-refractivity contribution is 0.425. The van der Waals surface area contributed by atoms with E-state index in [2.05, 4.69) is 15.3 Å². The van der Waals surface area contributed by atoms with Crippen LogP contribution >= 0.6 is 0 Å². The molecule has 0 aliphatic rings. The fraction of sp³-hybridized carbons (Fsp3) is 0.154. The van der Waals surface area contributed by atoms with Crippen LogP contribution in [0.3, 0.4) is 0 Å². The Hall–Kier alpha value is -2.68. The number of rotatable bonds is 3. The van der Waals surface area contributed by atoms with Gasteiger partial charge in [0.25, 0.3) is 0 Å². The quantitative estimate of drug-likeness (QED) is 0.916. The standard InChI is InChI=1S/C13H11FN4O/c1-8-17-12(16-2)6-13(18-8)19-11-4-3-9(7-15)5-10(11)14/h3-6H,1-2H3,(H,16,17,18). The number of halogens is 1. The zero-order chi connectivity index (χ0) is 13.8. The lowest BCUT2D eigenvalue weighted by Gasteiger charge is -2.08. The third-order valence-electron chi connectivity index (χ3n) is 2.35. The maximum atomic E-state index is 13.7. The summed E-state index contributed by atoms with van der Waals surface area (Å²) in [6.45, 7) is 1.71. The first-order valence-electron chi connectivity index (χ1n) is 5.53. The highest BCUT2D eigenvalue weighted by atomic mass is 19.1. The van der Waals surface area contributed by atoms with E-state index in [9.17, 15) is 4.39 Å². The zero-order valence-electron chi connectivity index (χ0n) is 10.4. The molecule has 5 nitrogen and oxygen atoms in total. The minimum absolute atomic E-state index is 0.0131.